The lowest BCUT2D eigenvalue weighted by atomic mass is 10.3. The van der Waals surface area contributed by atoms with Gasteiger partial charge in [-0.3, -0.25) is 0 Å². The van der Waals surface area contributed by atoms with Crippen LogP contribution in [-0.2, 0) is 10.0 Å². The Bertz CT molecular complexity index is 523. The summed E-state index contributed by atoms with van der Waals surface area (Å²) in [6.07, 6.45) is 2.62. The first kappa shape index (κ1) is 15.7. The summed E-state index contributed by atoms with van der Waals surface area (Å²) < 4.78 is 40.0. The lowest BCUT2D eigenvalue weighted by Crippen LogP contribution is -2.26. The molecule has 0 aliphatic heterocycles. The highest BCUT2D eigenvalue weighted by atomic mass is 79.9. The second kappa shape index (κ2) is 6.74. The molecule has 0 amide bonds. The first-order valence-corrected chi connectivity index (χ1v) is 8.78. The van der Waals surface area contributed by atoms with Crippen molar-refractivity contribution in [2.45, 2.75) is 11.3 Å². The van der Waals surface area contributed by atoms with Gasteiger partial charge in [0.25, 0.3) is 0 Å². The molecule has 0 aliphatic rings. The average molecular weight is 357 g/mol. The molecule has 0 aromatic heterocycles. The zero-order valence-corrected chi connectivity index (χ0v) is 13.0. The fraction of sp³-hybridized carbons (Fsp3) is 0.400. The van der Waals surface area contributed by atoms with Crippen LogP contribution in [-0.4, -0.2) is 27.0 Å². The molecule has 18 heavy (non-hydrogen) atoms. The predicted octanol–water partition coefficient (Wildman–Crippen LogP) is 2.20. The monoisotopic (exact) mass is 356 g/mol. The zero-order chi connectivity index (χ0) is 13.8. The number of nitrogens with two attached hydrogens (primary N) is 1. The van der Waals surface area contributed by atoms with Gasteiger partial charge in [-0.15, -0.1) is 0 Å². The third-order valence-corrected chi connectivity index (χ3v) is 5.02. The second-order valence-electron chi connectivity index (χ2n) is 3.55. The number of hydrogen-bond donors (Lipinski definition) is 2. The Morgan fingerprint density at radius 3 is 2.78 bits per heavy atom. The maximum atomic E-state index is 13.6. The van der Waals surface area contributed by atoms with E-state index in [1.807, 2.05) is 6.26 Å². The van der Waals surface area contributed by atoms with Crippen molar-refractivity contribution < 1.29 is 12.8 Å². The van der Waals surface area contributed by atoms with E-state index in [9.17, 15) is 12.8 Å². The summed E-state index contributed by atoms with van der Waals surface area (Å²) in [5.41, 5.74) is 5.73. The molecule has 0 saturated heterocycles. The molecule has 0 unspecified atom stereocenters. The van der Waals surface area contributed by atoms with Crippen LogP contribution in [0.25, 0.3) is 0 Å². The largest absolute Gasteiger partial charge is 0.398 e. The van der Waals surface area contributed by atoms with Crippen LogP contribution in [0.1, 0.15) is 6.42 Å². The normalized spacial score (nSPS) is 11.7. The van der Waals surface area contributed by atoms with Crippen LogP contribution in [0.4, 0.5) is 10.1 Å². The molecule has 0 fully saturated rings. The molecule has 4 nitrogen and oxygen atoms in total. The van der Waals surface area contributed by atoms with Crippen LogP contribution in [0.2, 0.25) is 0 Å². The van der Waals surface area contributed by atoms with Gasteiger partial charge in [0.15, 0.2) is 0 Å². The Kier molecular flexibility index (Phi) is 5.90. The lowest BCUT2D eigenvalue weighted by Gasteiger charge is -2.09. The van der Waals surface area contributed by atoms with Gasteiger partial charge in [0.2, 0.25) is 10.0 Å². The van der Waals surface area contributed by atoms with Gasteiger partial charge in [-0.1, -0.05) is 0 Å². The predicted molar refractivity (Wildman–Crippen MR) is 76.7 cm³/mol. The average Bonchev–Trinajstić information content (AvgIpc) is 2.29. The molecule has 8 heteroatoms. The number of sulfonamides is 1. The minimum absolute atomic E-state index is 0.181. The van der Waals surface area contributed by atoms with Gasteiger partial charge in [-0.2, -0.15) is 11.8 Å². The van der Waals surface area contributed by atoms with Crippen molar-refractivity contribution in [2.75, 3.05) is 24.3 Å². The zero-order valence-electron chi connectivity index (χ0n) is 9.74. The van der Waals surface area contributed by atoms with Gasteiger partial charge >= 0.3 is 0 Å². The van der Waals surface area contributed by atoms with E-state index >= 15 is 0 Å². The Balaban J connectivity index is 2.88. The van der Waals surface area contributed by atoms with Crippen molar-refractivity contribution in [3.8, 4) is 0 Å². The fourth-order valence-electron chi connectivity index (χ4n) is 1.25. The smallest absolute Gasteiger partial charge is 0.243 e. The SMILES string of the molecule is CSCCCNS(=O)(=O)c1cc(N)c(Br)cc1F. The summed E-state index contributed by atoms with van der Waals surface area (Å²) in [6, 6.07) is 2.15. The number of nitrogen functional groups attached to an aromatic ring is 1. The molecule has 0 saturated carbocycles. The number of thioether (sulfide) groups is 1. The first-order chi connectivity index (χ1) is 8.38. The van der Waals surface area contributed by atoms with Crippen molar-refractivity contribution in [2.24, 2.45) is 0 Å². The second-order valence-corrected chi connectivity index (χ2v) is 7.12. The third-order valence-electron chi connectivity index (χ3n) is 2.16. The van der Waals surface area contributed by atoms with E-state index in [0.29, 0.717) is 10.9 Å². The Hall–Kier alpha value is -0.310. The molecule has 0 spiro atoms. The molecule has 0 heterocycles. The number of rotatable bonds is 6. The Morgan fingerprint density at radius 2 is 2.17 bits per heavy atom. The quantitative estimate of drug-likeness (QED) is 0.605. The van der Waals surface area contributed by atoms with Crippen LogP contribution in [0.5, 0.6) is 0 Å². The van der Waals surface area contributed by atoms with Gasteiger partial charge in [-0.25, -0.2) is 17.5 Å². The van der Waals surface area contributed by atoms with E-state index in [1.54, 1.807) is 11.8 Å². The van der Waals surface area contributed by atoms with Gasteiger partial charge in [0, 0.05) is 16.7 Å². The van der Waals surface area contributed by atoms with E-state index in [2.05, 4.69) is 20.7 Å². The van der Waals surface area contributed by atoms with Crippen molar-refractivity contribution in [3.63, 3.8) is 0 Å². The standard InChI is InChI=1S/C10H14BrFN2O2S2/c1-17-4-2-3-14-18(15,16)10-6-9(13)7(11)5-8(10)12/h5-6,14H,2-4,13H2,1H3. The molecule has 0 radical (unpaired) electrons. The minimum atomic E-state index is -3.85. The topological polar surface area (TPSA) is 72.2 Å². The number of benzene rings is 1. The van der Waals surface area contributed by atoms with Crippen molar-refractivity contribution in [1.82, 2.24) is 4.72 Å². The molecule has 0 aliphatic carbocycles. The highest BCUT2D eigenvalue weighted by Gasteiger charge is 2.20. The van der Waals surface area contributed by atoms with Gasteiger partial charge in [0.05, 0.1) is 0 Å². The van der Waals surface area contributed by atoms with Gasteiger partial charge < -0.3 is 5.73 Å². The third kappa shape index (κ3) is 4.11. The summed E-state index contributed by atoms with van der Waals surface area (Å²) in [4.78, 5) is -0.424. The van der Waals surface area contributed by atoms with Crippen molar-refractivity contribution in [3.05, 3.63) is 22.4 Å². The molecule has 1 rings (SSSR count). The van der Waals surface area contributed by atoms with E-state index < -0.39 is 20.7 Å². The number of anilines is 1. The van der Waals surface area contributed by atoms with Crippen LogP contribution in [0, 0.1) is 5.82 Å². The molecule has 102 valence electrons. The summed E-state index contributed by atoms with van der Waals surface area (Å²) in [5.74, 6) is 0.0152. The van der Waals surface area contributed by atoms with E-state index in [-0.39, 0.29) is 12.2 Å². The molecular formula is C10H14BrFN2O2S2. The fourth-order valence-corrected chi connectivity index (χ4v) is 3.17. The molecule has 3 N–H and O–H groups in total. The highest BCUT2D eigenvalue weighted by Crippen LogP contribution is 2.25. The first-order valence-electron chi connectivity index (χ1n) is 5.11. The number of hydrogen-bond acceptors (Lipinski definition) is 4. The summed E-state index contributed by atoms with van der Waals surface area (Å²) in [6.45, 7) is 0.276. The maximum absolute atomic E-state index is 13.6. The molecule has 1 aromatic rings. The van der Waals surface area contributed by atoms with Crippen LogP contribution >= 0.6 is 27.7 Å². The van der Waals surface area contributed by atoms with Gasteiger partial charge in [0.1, 0.15) is 10.7 Å². The number of halogens is 2. The Morgan fingerprint density at radius 1 is 1.50 bits per heavy atom. The highest BCUT2D eigenvalue weighted by molar-refractivity contribution is 9.10. The van der Waals surface area contributed by atoms with Crippen LogP contribution in [0.15, 0.2) is 21.5 Å². The lowest BCUT2D eigenvalue weighted by molar-refractivity contribution is 0.556. The Labute approximate surface area is 119 Å². The summed E-state index contributed by atoms with van der Waals surface area (Å²) >= 11 is 4.66. The van der Waals surface area contributed by atoms with E-state index in [4.69, 9.17) is 5.73 Å². The van der Waals surface area contributed by atoms with Gasteiger partial charge in [-0.05, 0) is 46.5 Å². The minimum Gasteiger partial charge on any atom is -0.398 e. The van der Waals surface area contributed by atoms with Crippen molar-refractivity contribution >= 4 is 43.4 Å². The maximum Gasteiger partial charge on any atom is 0.243 e. The molecular weight excluding hydrogens is 343 g/mol. The summed E-state index contributed by atoms with van der Waals surface area (Å²) in [5, 5.41) is 0. The molecule has 1 aromatic carbocycles. The van der Waals surface area contributed by atoms with E-state index in [1.165, 1.54) is 0 Å². The van der Waals surface area contributed by atoms with Crippen molar-refractivity contribution in [1.29, 1.82) is 0 Å². The number of nitrogens with one attached hydrogen (secondary N) is 1. The van der Waals surface area contributed by atoms with Crippen LogP contribution in [0.3, 0.4) is 0 Å². The van der Waals surface area contributed by atoms with Crippen LogP contribution < -0.4 is 10.5 Å². The molecule has 0 atom stereocenters. The van der Waals surface area contributed by atoms with E-state index in [0.717, 1.165) is 17.9 Å². The molecule has 0 bridgehead atoms. The summed E-state index contributed by atoms with van der Waals surface area (Å²) in [7, 11) is -3.85.